The Kier molecular flexibility index (Phi) is 22.0. The molecule has 0 saturated carbocycles. The lowest BCUT2D eigenvalue weighted by atomic mass is 9.96. The number of carbonyl (C=O) groups excluding carboxylic acids is 8. The van der Waals surface area contributed by atoms with Crippen molar-refractivity contribution in [2.75, 3.05) is 26.9 Å². The first kappa shape index (κ1) is 65.0. The number of ether oxygens (including phenoxy) is 14. The average Bonchev–Trinajstić information content (AvgIpc) is 1.61. The molecular weight excluding hydrogens is 1200 g/mol. The second-order valence-corrected chi connectivity index (χ2v) is 20.9. The minimum absolute atomic E-state index is 0.0154. The fourth-order valence-electron chi connectivity index (χ4n) is 10.3. The maximum Gasteiger partial charge on any atom is 0.338 e. The predicted octanol–water partition coefficient (Wildman–Crippen LogP) is 7.34. The first-order valence-electron chi connectivity index (χ1n) is 29.1. The van der Waals surface area contributed by atoms with Crippen molar-refractivity contribution in [1.29, 1.82) is 0 Å². The van der Waals surface area contributed by atoms with Crippen LogP contribution in [0.1, 0.15) is 79.4 Å². The lowest BCUT2D eigenvalue weighted by Gasteiger charge is -2.47. The smallest absolute Gasteiger partial charge is 0.338 e. The highest BCUT2D eigenvalue weighted by atomic mass is 16.8. The Morgan fingerprint density at radius 2 is 0.609 bits per heavy atom. The van der Waals surface area contributed by atoms with Crippen LogP contribution in [0.5, 0.6) is 0 Å². The summed E-state index contributed by atoms with van der Waals surface area (Å²) in [4.78, 5) is 112. The number of esters is 8. The molecule has 7 aromatic carbocycles. The number of methoxy groups -OCH3 is 1. The molecule has 3 aliphatic rings. The highest BCUT2D eigenvalue weighted by Crippen LogP contribution is 2.38. The average molecular weight is 1260 g/mol. The number of hydrogen-bond donors (Lipinski definition) is 1. The maximum absolute atomic E-state index is 14.3. The topological polar surface area (TPSA) is 286 Å². The molecule has 23 nitrogen and oxygen atoms in total. The number of hydrogen-bond acceptors (Lipinski definition) is 23. The van der Waals surface area contributed by atoms with Gasteiger partial charge in [0.15, 0.2) is 61.6 Å². The summed E-state index contributed by atoms with van der Waals surface area (Å²) in [5.41, 5.74) is 0.394. The molecule has 0 amide bonds. The first-order valence-corrected chi connectivity index (χ1v) is 29.1. The Hall–Kier alpha value is -9.98. The van der Waals surface area contributed by atoms with E-state index in [1.54, 1.807) is 127 Å². The fourth-order valence-corrected chi connectivity index (χ4v) is 10.3. The third kappa shape index (κ3) is 16.1. The molecule has 0 spiro atoms. The van der Waals surface area contributed by atoms with Crippen molar-refractivity contribution in [3.63, 3.8) is 0 Å². The summed E-state index contributed by atoms with van der Waals surface area (Å²) in [6.07, 6.45) is -24.5. The van der Waals surface area contributed by atoms with E-state index >= 15 is 0 Å². The quantitative estimate of drug-likeness (QED) is 0.0484. The second-order valence-electron chi connectivity index (χ2n) is 20.9. The highest BCUT2D eigenvalue weighted by Gasteiger charge is 2.59. The molecule has 1 N–H and O–H groups in total. The van der Waals surface area contributed by atoms with Crippen molar-refractivity contribution >= 4 is 47.8 Å². The summed E-state index contributed by atoms with van der Waals surface area (Å²) in [5.74, 6) is -7.53. The number of benzene rings is 7. The SMILES string of the molecule is CO[C@H]1O[C@H](CO[C@@H]2O[C@H](CO)[C@H](OC(=O)c3ccccc3)[C@H](OC(=O)c3ccccc3)[C@H]2OC(=O)c2ccccc2)[C@H](OC(C)=O)[C@H](O[C@@H]2O[C@@H](COC(=O)c3ccccc3)[C@H](OC(=O)c3ccccc3)[C@H]2OC(=O)c2ccccc2)[C@H]1OC(=O)c1ccccc1. The van der Waals surface area contributed by atoms with Crippen molar-refractivity contribution in [2.45, 2.75) is 92.9 Å². The highest BCUT2D eigenvalue weighted by molar-refractivity contribution is 5.93. The van der Waals surface area contributed by atoms with Crippen LogP contribution in [0.25, 0.3) is 0 Å². The largest absolute Gasteiger partial charge is 0.459 e. The van der Waals surface area contributed by atoms with Gasteiger partial charge in [-0.15, -0.1) is 0 Å². The molecule has 3 aliphatic heterocycles. The monoisotopic (exact) mass is 1260 g/mol. The van der Waals surface area contributed by atoms with Crippen molar-refractivity contribution in [3.8, 4) is 0 Å². The Labute approximate surface area is 526 Å². The summed E-state index contributed by atoms with van der Waals surface area (Å²) >= 11 is 0. The summed E-state index contributed by atoms with van der Waals surface area (Å²) in [6, 6.07) is 54.3. The number of aliphatic hydroxyl groups is 1. The van der Waals surface area contributed by atoms with E-state index in [2.05, 4.69) is 0 Å². The van der Waals surface area contributed by atoms with Gasteiger partial charge in [0.2, 0.25) is 0 Å². The minimum atomic E-state index is -1.92. The molecule has 14 atom stereocenters. The van der Waals surface area contributed by atoms with E-state index in [1.165, 1.54) is 92.0 Å². The molecule has 3 fully saturated rings. The molecule has 3 saturated heterocycles. The van der Waals surface area contributed by atoms with Gasteiger partial charge >= 0.3 is 47.8 Å². The molecule has 7 aromatic rings. The molecule has 0 radical (unpaired) electrons. The van der Waals surface area contributed by atoms with Gasteiger partial charge < -0.3 is 71.4 Å². The number of aliphatic hydroxyl groups excluding tert-OH is 1. The molecule has 23 heteroatoms. The van der Waals surface area contributed by atoms with Gasteiger partial charge in [0, 0.05) is 14.0 Å². The molecule has 0 aliphatic carbocycles. The standard InChI is InChI=1S/C69H62O23/c1-41(71)82-53-51(40-81-68-59(91-66(78)48-36-22-9-23-37-48)55(88-63(75)45-30-16-6-17-31-45)52(49(38-70)83-68)86-61(73)43-26-12-4-13-27-43)84-67(79-2)58(90-65(77)47-34-20-8-21-35-47)56(53)92-69-57(89-64(76)46-32-18-7-19-33-46)54(87-62(74)44-28-14-5-15-29-44)50(85-69)39-80-60(72)42-24-10-3-11-25-42/h3-37,49-59,67-70H,38-40H2,1-2H3/t49-,50+,51-,52+,53+,54+,55+,56+,57-,58-,59-,67+,68-,69+/m1/s1. The van der Waals surface area contributed by atoms with Crippen LogP contribution in [0.2, 0.25) is 0 Å². The molecule has 0 unspecified atom stereocenters. The van der Waals surface area contributed by atoms with Crippen LogP contribution in [-0.2, 0) is 71.1 Å². The summed E-state index contributed by atoms with van der Waals surface area (Å²) in [6.45, 7) is -1.30. The van der Waals surface area contributed by atoms with Crippen molar-refractivity contribution in [2.24, 2.45) is 0 Å². The molecule has 3 heterocycles. The Bertz CT molecular complexity index is 3600. The predicted molar refractivity (Wildman–Crippen MR) is 317 cm³/mol. The normalized spacial score (nSPS) is 24.9. The molecule has 0 aromatic heterocycles. The van der Waals surface area contributed by atoms with Crippen LogP contribution in [-0.4, -0.2) is 166 Å². The number of rotatable bonds is 23. The van der Waals surface area contributed by atoms with E-state index in [1.807, 2.05) is 0 Å². The zero-order valence-electron chi connectivity index (χ0n) is 49.3. The van der Waals surface area contributed by atoms with Gasteiger partial charge in [-0.25, -0.2) is 33.6 Å². The Morgan fingerprint density at radius 3 is 0.967 bits per heavy atom. The van der Waals surface area contributed by atoms with E-state index in [-0.39, 0.29) is 38.9 Å². The molecular formula is C69H62O23. The molecule has 0 bridgehead atoms. The van der Waals surface area contributed by atoms with Gasteiger partial charge in [-0.3, -0.25) is 4.79 Å². The molecule has 92 heavy (non-hydrogen) atoms. The Balaban J connectivity index is 1.04. The van der Waals surface area contributed by atoms with E-state index in [0.717, 1.165) is 6.92 Å². The van der Waals surface area contributed by atoms with Gasteiger partial charge in [0.1, 0.15) is 31.0 Å². The third-order valence-corrected chi connectivity index (χ3v) is 14.8. The van der Waals surface area contributed by atoms with Gasteiger partial charge in [-0.1, -0.05) is 127 Å². The lowest BCUT2D eigenvalue weighted by Crippen LogP contribution is -2.65. The second kappa shape index (κ2) is 31.2. The van der Waals surface area contributed by atoms with Crippen LogP contribution < -0.4 is 0 Å². The summed E-state index contributed by atoms with van der Waals surface area (Å²) in [7, 11) is 1.19. The van der Waals surface area contributed by atoms with Crippen molar-refractivity contribution < 1.29 is 110 Å². The zero-order valence-corrected chi connectivity index (χ0v) is 49.3. The summed E-state index contributed by atoms with van der Waals surface area (Å²) < 4.78 is 87.3. The minimum Gasteiger partial charge on any atom is -0.459 e. The van der Waals surface area contributed by atoms with Gasteiger partial charge in [-0.2, -0.15) is 0 Å². The van der Waals surface area contributed by atoms with Crippen LogP contribution in [0, 0.1) is 0 Å². The van der Waals surface area contributed by atoms with Gasteiger partial charge in [0.05, 0.1) is 52.2 Å². The molecule has 10 rings (SSSR count). The number of carbonyl (C=O) groups is 8. The van der Waals surface area contributed by atoms with Crippen LogP contribution in [0.4, 0.5) is 0 Å². The van der Waals surface area contributed by atoms with E-state index < -0.39 is 154 Å². The van der Waals surface area contributed by atoms with Gasteiger partial charge in [-0.05, 0) is 84.9 Å². The zero-order chi connectivity index (χ0) is 64.5. The van der Waals surface area contributed by atoms with Crippen LogP contribution >= 0.6 is 0 Å². The van der Waals surface area contributed by atoms with Gasteiger partial charge in [0.25, 0.3) is 0 Å². The van der Waals surface area contributed by atoms with E-state index in [4.69, 9.17) is 66.3 Å². The summed E-state index contributed by atoms with van der Waals surface area (Å²) in [5, 5.41) is 11.1. The third-order valence-electron chi connectivity index (χ3n) is 14.8. The van der Waals surface area contributed by atoms with E-state index in [9.17, 15) is 43.5 Å². The maximum atomic E-state index is 14.3. The lowest BCUT2D eigenvalue weighted by molar-refractivity contribution is -0.342. The van der Waals surface area contributed by atoms with Crippen LogP contribution in [0.3, 0.4) is 0 Å². The molecule has 476 valence electrons. The van der Waals surface area contributed by atoms with Crippen molar-refractivity contribution in [1.82, 2.24) is 0 Å². The van der Waals surface area contributed by atoms with E-state index in [0.29, 0.717) is 0 Å². The van der Waals surface area contributed by atoms with Crippen LogP contribution in [0.15, 0.2) is 212 Å². The van der Waals surface area contributed by atoms with Crippen molar-refractivity contribution in [3.05, 3.63) is 251 Å². The first-order chi connectivity index (χ1) is 44.8. The fraction of sp³-hybridized carbons (Fsp3) is 0.275. The Morgan fingerprint density at radius 1 is 0.326 bits per heavy atom.